The number of aryl methyl sites for hydroxylation is 2. The number of thioether (sulfide) groups is 3. The van der Waals surface area contributed by atoms with Crippen LogP contribution in [0.5, 0.6) is 0 Å². The number of H-pyrrole nitrogens is 3. The van der Waals surface area contributed by atoms with E-state index in [1.165, 1.54) is 19.0 Å². The molecule has 7 aromatic heterocycles. The molecular formula is C56H59N19O5S3. The lowest BCUT2D eigenvalue weighted by molar-refractivity contribution is -0.132. The molecule has 0 bridgehead atoms. The van der Waals surface area contributed by atoms with Crippen LogP contribution in [-0.4, -0.2) is 124 Å². The van der Waals surface area contributed by atoms with E-state index in [1.54, 1.807) is 104 Å². The number of nitrogens with one attached hydrogen (secondary N) is 6. The van der Waals surface area contributed by atoms with Crippen LogP contribution in [0.1, 0.15) is 73.4 Å². The first kappa shape index (κ1) is 58.6. The van der Waals surface area contributed by atoms with Crippen LogP contribution >= 0.6 is 35.3 Å². The van der Waals surface area contributed by atoms with Crippen LogP contribution in [0, 0.1) is 12.8 Å². The molecule has 24 nitrogen and oxygen atoms in total. The highest BCUT2D eigenvalue weighted by molar-refractivity contribution is 7.99. The number of oxime groups is 1. The average Bonchev–Trinajstić information content (AvgIpc) is 4.57. The minimum absolute atomic E-state index is 0.0221. The average molecular weight is 1170 g/mol. The number of likely N-dealkylation sites (tertiary alicyclic amines) is 1. The van der Waals surface area contributed by atoms with Gasteiger partial charge in [0.1, 0.15) is 39.8 Å². The second-order valence-electron chi connectivity index (χ2n) is 19.2. The van der Waals surface area contributed by atoms with E-state index >= 15 is 0 Å². The Bertz CT molecular complexity index is 3910. The number of fused-ring (bicyclic) bond motifs is 3. The Morgan fingerprint density at radius 2 is 1.08 bits per heavy atom. The van der Waals surface area contributed by atoms with Gasteiger partial charge in [-0.2, -0.15) is 20.4 Å². The second kappa shape index (κ2) is 28.1. The molecule has 11 rings (SSSR count). The van der Waals surface area contributed by atoms with E-state index in [2.05, 4.69) is 86.7 Å². The molecular weight excluding hydrogens is 1110 g/mol. The van der Waals surface area contributed by atoms with Crippen molar-refractivity contribution in [2.75, 3.05) is 29.0 Å². The van der Waals surface area contributed by atoms with Gasteiger partial charge in [-0.3, -0.25) is 39.2 Å². The van der Waals surface area contributed by atoms with Crippen LogP contribution in [0.15, 0.2) is 137 Å². The number of carbonyl (C=O) groups is 4. The monoisotopic (exact) mass is 1170 g/mol. The first-order valence-electron chi connectivity index (χ1n) is 26.2. The molecule has 1 aliphatic heterocycles. The molecule has 83 heavy (non-hydrogen) atoms. The van der Waals surface area contributed by atoms with E-state index in [0.29, 0.717) is 54.5 Å². The quantitative estimate of drug-likeness (QED) is 0.0214. The van der Waals surface area contributed by atoms with Crippen molar-refractivity contribution in [2.45, 2.75) is 85.9 Å². The number of amides is 4. The van der Waals surface area contributed by atoms with Crippen LogP contribution in [0.2, 0.25) is 0 Å². The van der Waals surface area contributed by atoms with Crippen LogP contribution in [0.25, 0.3) is 33.1 Å². The number of anilines is 3. The third-order valence-corrected chi connectivity index (χ3v) is 15.9. The van der Waals surface area contributed by atoms with Crippen molar-refractivity contribution in [3.8, 4) is 0 Å². The summed E-state index contributed by atoms with van der Waals surface area (Å²) in [5.41, 5.74) is 9.72. The molecule has 1 aliphatic rings. The molecule has 426 valence electrons. The molecule has 3 aromatic carbocycles. The summed E-state index contributed by atoms with van der Waals surface area (Å²) >= 11 is 4.79. The number of benzene rings is 3. The molecule has 6 N–H and O–H groups in total. The van der Waals surface area contributed by atoms with Crippen molar-refractivity contribution < 1.29 is 24.0 Å². The minimum atomic E-state index is -0.673. The summed E-state index contributed by atoms with van der Waals surface area (Å²) in [5, 5.41) is 42.7. The van der Waals surface area contributed by atoms with E-state index in [4.69, 9.17) is 4.84 Å². The van der Waals surface area contributed by atoms with E-state index in [0.717, 1.165) is 87.8 Å². The molecule has 0 spiro atoms. The summed E-state index contributed by atoms with van der Waals surface area (Å²) in [6, 6.07) is 25.1. The molecule has 0 radical (unpaired) electrons. The summed E-state index contributed by atoms with van der Waals surface area (Å²) in [7, 11) is 1.76. The fourth-order valence-corrected chi connectivity index (χ4v) is 11.2. The first-order chi connectivity index (χ1) is 40.2. The van der Waals surface area contributed by atoms with Crippen molar-refractivity contribution in [1.29, 1.82) is 0 Å². The predicted molar refractivity (Wildman–Crippen MR) is 321 cm³/mol. The van der Waals surface area contributed by atoms with Crippen LogP contribution in [0.3, 0.4) is 0 Å². The lowest BCUT2D eigenvalue weighted by Crippen LogP contribution is -2.40. The third kappa shape index (κ3) is 16.1. The van der Waals surface area contributed by atoms with E-state index in [-0.39, 0.29) is 29.5 Å². The molecule has 1 atom stereocenters. The number of hydrogen-bond donors (Lipinski definition) is 6. The minimum Gasteiger partial charge on any atom is -0.383 e. The summed E-state index contributed by atoms with van der Waals surface area (Å²) in [4.78, 5) is 81.1. The van der Waals surface area contributed by atoms with Gasteiger partial charge in [-0.15, -0.1) is 35.3 Å². The molecule has 8 heterocycles. The fourth-order valence-electron chi connectivity index (χ4n) is 8.44. The highest BCUT2D eigenvalue weighted by Crippen LogP contribution is 2.30. The predicted octanol–water partition coefficient (Wildman–Crippen LogP) is 9.17. The lowest BCUT2D eigenvalue weighted by atomic mass is 9.96. The Morgan fingerprint density at radius 1 is 0.639 bits per heavy atom. The van der Waals surface area contributed by atoms with E-state index in [9.17, 15) is 19.2 Å². The Morgan fingerprint density at radius 3 is 1.51 bits per heavy atom. The molecule has 0 aliphatic carbocycles. The van der Waals surface area contributed by atoms with Crippen molar-refractivity contribution in [3.05, 3.63) is 145 Å². The summed E-state index contributed by atoms with van der Waals surface area (Å²) in [6.45, 7) is 9.99. The highest BCUT2D eigenvalue weighted by atomic mass is 32.2. The van der Waals surface area contributed by atoms with Gasteiger partial charge in [0.25, 0.3) is 11.8 Å². The number of rotatable bonds is 17. The smallest absolute Gasteiger partial charge is 0.273 e. The third-order valence-electron chi connectivity index (χ3n) is 12.6. The van der Waals surface area contributed by atoms with Crippen molar-refractivity contribution in [3.63, 3.8) is 0 Å². The number of aromatic amines is 3. The lowest BCUT2D eigenvalue weighted by Gasteiger charge is -2.30. The zero-order valence-electron chi connectivity index (χ0n) is 46.2. The van der Waals surface area contributed by atoms with Gasteiger partial charge >= 0.3 is 0 Å². The normalized spacial score (nSPS) is 12.6. The standard InChI is InChI=1S/C20H22N6O2S.C18H17N7OS.C18H20N6O2S/c1-13(27)26-7-5-15(6-8-26)19(28)24-16-4-2-3-14(9-16)11-29-20-17-10-23-25-18(17)21-12-22-20;1-11-6-15(25(2)24-11)17(26)22-13-5-3-4-12(7-13)9-27-18-14-8-21-23-16(14)19-10-20-18;1-11(2)24-26-12(3)17(25)22-14-6-4-5-13(7-14)9-27-18-15-8-21-23-16(15)19-10-20-18/h2-4,9-10,12,15H,5-8,11H2,1H3,(H,24,28)(H,21,22,23,25);3-8,10H,9H2,1-2H3,(H,22,26)(H,19,20,21,23);4-8,10,12H,9H2,1-3H3,(H,22,25)(H,19,20,21,23). The number of carbonyl (C=O) groups excluding carboxylic acids is 4. The Hall–Kier alpha value is -9.08. The summed E-state index contributed by atoms with van der Waals surface area (Å²) in [5.74, 6) is 1.74. The maximum Gasteiger partial charge on any atom is 0.273 e. The molecule has 27 heteroatoms. The van der Waals surface area contributed by atoms with Crippen molar-refractivity contribution >= 4 is 115 Å². The SMILES string of the molecule is CC(=O)N1CCC(C(=O)Nc2cccc(CSc3ncnc4[nH]ncc34)c2)CC1.CC(C)=NOC(C)C(=O)Nc1cccc(CSc2ncnc3[nH]ncc23)c1.Cc1cc(C(=O)Nc2cccc(CSc3ncnc4[nH]ncc34)c2)n(C)n1. The zero-order valence-corrected chi connectivity index (χ0v) is 48.6. The summed E-state index contributed by atoms with van der Waals surface area (Å²) in [6.07, 6.45) is 10.5. The summed E-state index contributed by atoms with van der Waals surface area (Å²) < 4.78 is 1.58. The number of hydrogen-bond acceptors (Lipinski definition) is 19. The van der Waals surface area contributed by atoms with Gasteiger partial charge in [-0.1, -0.05) is 41.6 Å². The Kier molecular flexibility index (Phi) is 19.8. The van der Waals surface area contributed by atoms with Gasteiger partial charge in [0.15, 0.2) is 16.9 Å². The second-order valence-corrected chi connectivity index (χ2v) is 22.1. The first-order valence-corrected chi connectivity index (χ1v) is 29.1. The number of nitrogens with zero attached hydrogens (tertiary/aromatic N) is 13. The Labute approximate surface area is 489 Å². The van der Waals surface area contributed by atoms with Gasteiger partial charge in [0, 0.05) is 67.3 Å². The van der Waals surface area contributed by atoms with E-state index < -0.39 is 6.10 Å². The largest absolute Gasteiger partial charge is 0.383 e. The maximum absolute atomic E-state index is 12.6. The maximum atomic E-state index is 12.6. The molecule has 1 fully saturated rings. The molecule has 10 aromatic rings. The molecule has 1 unspecified atom stereocenters. The number of piperidine rings is 1. The Balaban J connectivity index is 0.000000150. The zero-order chi connectivity index (χ0) is 58.2. The van der Waals surface area contributed by atoms with Gasteiger partial charge < -0.3 is 25.7 Å². The van der Waals surface area contributed by atoms with E-state index in [1.807, 2.05) is 79.7 Å². The van der Waals surface area contributed by atoms with Crippen LogP contribution in [0.4, 0.5) is 17.1 Å². The fraction of sp³-hybridized carbons (Fsp3) is 0.268. The van der Waals surface area contributed by atoms with Gasteiger partial charge in [-0.05, 0) is 99.7 Å². The highest BCUT2D eigenvalue weighted by Gasteiger charge is 2.26. The number of aromatic nitrogens is 14. The molecule has 1 saturated heterocycles. The topological polar surface area (TPSA) is 310 Å². The van der Waals surface area contributed by atoms with Crippen molar-refractivity contribution in [1.82, 2.24) is 75.2 Å². The van der Waals surface area contributed by atoms with Crippen LogP contribution < -0.4 is 16.0 Å². The van der Waals surface area contributed by atoms with Gasteiger partial charge in [0.2, 0.25) is 17.9 Å². The van der Waals surface area contributed by atoms with Gasteiger partial charge in [0.05, 0.1) is 46.2 Å². The molecule has 4 amide bonds. The van der Waals surface area contributed by atoms with Crippen molar-refractivity contribution in [2.24, 2.45) is 18.1 Å². The van der Waals surface area contributed by atoms with Gasteiger partial charge in [-0.25, -0.2) is 29.9 Å². The van der Waals surface area contributed by atoms with Crippen LogP contribution in [-0.2, 0) is 43.5 Å². The molecule has 0 saturated carbocycles.